The van der Waals surface area contributed by atoms with Crippen molar-refractivity contribution >= 4 is 0 Å². The molecule has 0 saturated heterocycles. The third-order valence-corrected chi connectivity index (χ3v) is 3.31. The van der Waals surface area contributed by atoms with Gasteiger partial charge in [0.1, 0.15) is 0 Å². The molecule has 1 saturated carbocycles. The van der Waals surface area contributed by atoms with Crippen LogP contribution in [0.15, 0.2) is 0 Å². The summed E-state index contributed by atoms with van der Waals surface area (Å²) in [6.07, 6.45) is 5.39. The third-order valence-electron chi connectivity index (χ3n) is 3.31. The summed E-state index contributed by atoms with van der Waals surface area (Å²) in [5, 5.41) is 3.43. The van der Waals surface area contributed by atoms with Crippen molar-refractivity contribution in [3.63, 3.8) is 0 Å². The Kier molecular flexibility index (Phi) is 5.45. The molecule has 0 amide bonds. The average molecular weight is 200 g/mol. The van der Waals surface area contributed by atoms with E-state index < -0.39 is 0 Å². The second-order valence-corrected chi connectivity index (χ2v) is 4.22. The van der Waals surface area contributed by atoms with Crippen molar-refractivity contribution in [1.29, 1.82) is 0 Å². The van der Waals surface area contributed by atoms with Gasteiger partial charge in [0, 0.05) is 25.7 Å². The Balaban J connectivity index is 2.37. The Morgan fingerprint density at radius 3 is 2.71 bits per heavy atom. The van der Waals surface area contributed by atoms with Crippen LogP contribution in [0.25, 0.3) is 0 Å². The summed E-state index contributed by atoms with van der Waals surface area (Å²) in [6, 6.07) is 1.37. The summed E-state index contributed by atoms with van der Waals surface area (Å²) in [6.45, 7) is 1.88. The molecular weight excluding hydrogens is 176 g/mol. The van der Waals surface area contributed by atoms with Gasteiger partial charge in [-0.1, -0.05) is 12.8 Å². The molecule has 0 heterocycles. The highest BCUT2D eigenvalue weighted by molar-refractivity contribution is 4.86. The largest absolute Gasteiger partial charge is 0.383 e. The zero-order valence-corrected chi connectivity index (χ0v) is 9.75. The molecule has 1 N–H and O–H groups in total. The first-order valence-electron chi connectivity index (χ1n) is 5.66. The van der Waals surface area contributed by atoms with E-state index >= 15 is 0 Å². The molecule has 3 nitrogen and oxygen atoms in total. The number of rotatable bonds is 5. The van der Waals surface area contributed by atoms with Gasteiger partial charge in [0.15, 0.2) is 0 Å². The van der Waals surface area contributed by atoms with Crippen LogP contribution in [0.5, 0.6) is 0 Å². The van der Waals surface area contributed by atoms with Crippen LogP contribution in [-0.4, -0.2) is 51.3 Å². The number of hydrogen-bond acceptors (Lipinski definition) is 3. The van der Waals surface area contributed by atoms with E-state index in [0.29, 0.717) is 12.1 Å². The Morgan fingerprint density at radius 1 is 1.36 bits per heavy atom. The molecule has 0 radical (unpaired) electrons. The number of ether oxygens (including phenoxy) is 1. The highest BCUT2D eigenvalue weighted by Gasteiger charge is 2.26. The van der Waals surface area contributed by atoms with Crippen molar-refractivity contribution < 1.29 is 4.74 Å². The van der Waals surface area contributed by atoms with E-state index in [-0.39, 0.29) is 0 Å². The molecule has 14 heavy (non-hydrogen) atoms. The Labute approximate surface area is 87.8 Å². The van der Waals surface area contributed by atoms with E-state index in [1.165, 1.54) is 25.7 Å². The third kappa shape index (κ3) is 3.23. The lowest BCUT2D eigenvalue weighted by Crippen LogP contribution is -2.50. The first kappa shape index (κ1) is 12.0. The molecule has 1 aliphatic carbocycles. The van der Waals surface area contributed by atoms with E-state index in [1.807, 2.05) is 0 Å². The zero-order valence-electron chi connectivity index (χ0n) is 9.75. The lowest BCUT2D eigenvalue weighted by Gasteiger charge is -2.37. The average Bonchev–Trinajstić information content (AvgIpc) is 2.25. The van der Waals surface area contributed by atoms with Crippen LogP contribution in [0.1, 0.15) is 25.7 Å². The van der Waals surface area contributed by atoms with E-state index in [1.54, 1.807) is 7.11 Å². The second-order valence-electron chi connectivity index (χ2n) is 4.22. The first-order chi connectivity index (χ1) is 6.79. The Morgan fingerprint density at radius 2 is 2.07 bits per heavy atom. The standard InChI is InChI=1S/C11H24N2O/c1-12-10-6-4-5-7-11(10)13(2)8-9-14-3/h10-12H,4-9H2,1-3H3/t10-,11-/m0/s1. The fraction of sp³-hybridized carbons (Fsp3) is 1.00. The molecule has 2 atom stereocenters. The smallest absolute Gasteiger partial charge is 0.0589 e. The maximum absolute atomic E-state index is 5.11. The van der Waals surface area contributed by atoms with Crippen molar-refractivity contribution in [2.24, 2.45) is 0 Å². The van der Waals surface area contributed by atoms with Gasteiger partial charge >= 0.3 is 0 Å². The second kappa shape index (κ2) is 6.38. The molecule has 1 rings (SSSR count). The fourth-order valence-electron chi connectivity index (χ4n) is 2.38. The normalized spacial score (nSPS) is 28.3. The van der Waals surface area contributed by atoms with Crippen molar-refractivity contribution in [2.75, 3.05) is 34.4 Å². The molecule has 0 spiro atoms. The molecule has 0 aromatic carbocycles. The Hall–Kier alpha value is -0.120. The van der Waals surface area contributed by atoms with Gasteiger partial charge in [-0.05, 0) is 26.9 Å². The maximum Gasteiger partial charge on any atom is 0.0589 e. The van der Waals surface area contributed by atoms with E-state index in [9.17, 15) is 0 Å². The summed E-state index contributed by atoms with van der Waals surface area (Å²) in [4.78, 5) is 2.43. The molecule has 84 valence electrons. The predicted octanol–water partition coefficient (Wildman–Crippen LogP) is 1.10. The maximum atomic E-state index is 5.11. The van der Waals surface area contributed by atoms with Gasteiger partial charge in [-0.3, -0.25) is 4.90 Å². The predicted molar refractivity (Wildman–Crippen MR) is 59.6 cm³/mol. The van der Waals surface area contributed by atoms with E-state index in [2.05, 4.69) is 24.3 Å². The minimum atomic E-state index is 0.672. The monoisotopic (exact) mass is 200 g/mol. The molecule has 0 aromatic heterocycles. The van der Waals surface area contributed by atoms with Crippen LogP contribution in [0, 0.1) is 0 Å². The highest BCUT2D eigenvalue weighted by atomic mass is 16.5. The van der Waals surface area contributed by atoms with Gasteiger partial charge in [0.25, 0.3) is 0 Å². The lowest BCUT2D eigenvalue weighted by molar-refractivity contribution is 0.106. The number of nitrogens with one attached hydrogen (secondary N) is 1. The van der Waals surface area contributed by atoms with Gasteiger partial charge in [-0.2, -0.15) is 0 Å². The Bertz CT molecular complexity index is 152. The van der Waals surface area contributed by atoms with Crippen LogP contribution >= 0.6 is 0 Å². The summed E-state index contributed by atoms with van der Waals surface area (Å²) >= 11 is 0. The fourth-order valence-corrected chi connectivity index (χ4v) is 2.38. The van der Waals surface area contributed by atoms with Crippen LogP contribution in [0.2, 0.25) is 0 Å². The quantitative estimate of drug-likeness (QED) is 0.719. The molecule has 0 aliphatic heterocycles. The van der Waals surface area contributed by atoms with Crippen LogP contribution in [0.3, 0.4) is 0 Å². The molecule has 1 aliphatic rings. The minimum absolute atomic E-state index is 0.672. The number of nitrogens with zero attached hydrogens (tertiary/aromatic N) is 1. The number of hydrogen-bond donors (Lipinski definition) is 1. The van der Waals surface area contributed by atoms with Crippen molar-refractivity contribution in [2.45, 2.75) is 37.8 Å². The summed E-state index contributed by atoms with van der Waals surface area (Å²) in [5.74, 6) is 0. The highest BCUT2D eigenvalue weighted by Crippen LogP contribution is 2.21. The van der Waals surface area contributed by atoms with Gasteiger partial charge in [-0.25, -0.2) is 0 Å². The minimum Gasteiger partial charge on any atom is -0.383 e. The summed E-state index contributed by atoms with van der Waals surface area (Å²) < 4.78 is 5.11. The van der Waals surface area contributed by atoms with Gasteiger partial charge in [0.2, 0.25) is 0 Å². The van der Waals surface area contributed by atoms with Crippen LogP contribution in [-0.2, 0) is 4.74 Å². The van der Waals surface area contributed by atoms with Gasteiger partial charge < -0.3 is 10.1 Å². The van der Waals surface area contributed by atoms with E-state index in [0.717, 1.165) is 13.2 Å². The molecule has 1 fully saturated rings. The van der Waals surface area contributed by atoms with Gasteiger partial charge in [-0.15, -0.1) is 0 Å². The van der Waals surface area contributed by atoms with Crippen LogP contribution in [0.4, 0.5) is 0 Å². The molecule has 0 bridgehead atoms. The lowest BCUT2D eigenvalue weighted by atomic mass is 9.89. The van der Waals surface area contributed by atoms with E-state index in [4.69, 9.17) is 4.74 Å². The summed E-state index contributed by atoms with van der Waals surface area (Å²) in [5.41, 5.74) is 0. The van der Waals surface area contributed by atoms with Crippen molar-refractivity contribution in [3.8, 4) is 0 Å². The number of likely N-dealkylation sites (N-methyl/N-ethyl adjacent to an activating group) is 2. The first-order valence-corrected chi connectivity index (χ1v) is 5.66. The molecule has 3 heteroatoms. The number of methoxy groups -OCH3 is 1. The zero-order chi connectivity index (χ0) is 10.4. The molecule has 0 unspecified atom stereocenters. The van der Waals surface area contributed by atoms with Crippen molar-refractivity contribution in [1.82, 2.24) is 10.2 Å². The molecule has 0 aromatic rings. The summed E-state index contributed by atoms with van der Waals surface area (Å²) in [7, 11) is 6.05. The van der Waals surface area contributed by atoms with Gasteiger partial charge in [0.05, 0.1) is 6.61 Å². The SMILES string of the molecule is CN[C@H]1CCCC[C@@H]1N(C)CCOC. The van der Waals surface area contributed by atoms with Crippen molar-refractivity contribution in [3.05, 3.63) is 0 Å². The molecular formula is C11H24N2O. The van der Waals surface area contributed by atoms with Crippen LogP contribution < -0.4 is 5.32 Å². The topological polar surface area (TPSA) is 24.5 Å².